The molecule has 0 unspecified atom stereocenters. The molecule has 1 aromatic carbocycles. The number of aromatic amines is 1. The quantitative estimate of drug-likeness (QED) is 0.281. The van der Waals surface area contributed by atoms with E-state index in [4.69, 9.17) is 9.47 Å². The Bertz CT molecular complexity index is 1660. The Morgan fingerprint density at radius 3 is 2.56 bits per heavy atom. The number of H-pyrrole nitrogens is 1. The average Bonchev–Trinajstić information content (AvgIpc) is 3.46. The molecule has 13 heteroatoms. The molecular formula is C26H24F3N7O3. The zero-order valence-corrected chi connectivity index (χ0v) is 21.1. The van der Waals surface area contributed by atoms with Gasteiger partial charge in [0.05, 0.1) is 24.9 Å². The van der Waals surface area contributed by atoms with Crippen LogP contribution in [0.2, 0.25) is 0 Å². The second-order valence-electron chi connectivity index (χ2n) is 8.60. The van der Waals surface area contributed by atoms with Crippen molar-refractivity contribution in [2.75, 3.05) is 19.8 Å². The first-order valence-electron chi connectivity index (χ1n) is 12.1. The van der Waals surface area contributed by atoms with Crippen LogP contribution < -0.4 is 10.4 Å². The van der Waals surface area contributed by atoms with Gasteiger partial charge in [-0.2, -0.15) is 13.2 Å². The van der Waals surface area contributed by atoms with E-state index in [-0.39, 0.29) is 18.1 Å². The molecule has 202 valence electrons. The Balaban J connectivity index is 1.42. The summed E-state index contributed by atoms with van der Waals surface area (Å²) in [7, 11) is 1.51. The largest absolute Gasteiger partial charge is 0.475 e. The smallest absolute Gasteiger partial charge is 0.434 e. The van der Waals surface area contributed by atoms with Gasteiger partial charge in [-0.3, -0.25) is 4.57 Å². The number of fused-ring (bicyclic) bond motifs is 1. The Morgan fingerprint density at radius 1 is 1.05 bits per heavy atom. The summed E-state index contributed by atoms with van der Waals surface area (Å²) < 4.78 is 53.0. The van der Waals surface area contributed by atoms with Gasteiger partial charge in [-0.1, -0.05) is 24.3 Å². The monoisotopic (exact) mass is 539 g/mol. The molecule has 0 saturated heterocycles. The fourth-order valence-electron chi connectivity index (χ4n) is 4.05. The molecule has 0 spiro atoms. The normalized spacial score (nSPS) is 11.8. The summed E-state index contributed by atoms with van der Waals surface area (Å²) in [6.07, 6.45) is -0.458. The van der Waals surface area contributed by atoms with E-state index in [2.05, 4.69) is 24.9 Å². The summed E-state index contributed by atoms with van der Waals surface area (Å²) >= 11 is 0. The third kappa shape index (κ3) is 5.53. The number of imidazole rings is 2. The number of halogens is 3. The standard InChI is InChI=1S/C26H24F3N7O3/c1-3-38-11-12-39-24-18(5-4-10-30-24)21-31-13-19-23(34-21)36(25(37)32-19)14-16-6-8-17(9-7-16)22-33-20(15-35(22)2)26(27,28)29/h4-10,13,15H,3,11-12,14H2,1-2H3,(H,32,37). The number of nitrogens with zero attached hydrogens (tertiary/aromatic N) is 6. The molecule has 0 aliphatic carbocycles. The number of hydrogen-bond donors (Lipinski definition) is 1. The summed E-state index contributed by atoms with van der Waals surface area (Å²) in [6, 6.07) is 10.3. The Labute approximate surface area is 220 Å². The molecule has 0 bridgehead atoms. The lowest BCUT2D eigenvalue weighted by molar-refractivity contribution is -0.140. The van der Waals surface area contributed by atoms with Gasteiger partial charge in [0.1, 0.15) is 17.9 Å². The van der Waals surface area contributed by atoms with Gasteiger partial charge in [0, 0.05) is 31.6 Å². The lowest BCUT2D eigenvalue weighted by Crippen LogP contribution is -2.17. The van der Waals surface area contributed by atoms with Crippen LogP contribution in [0.1, 0.15) is 18.2 Å². The van der Waals surface area contributed by atoms with Crippen LogP contribution in [-0.2, 0) is 24.5 Å². The number of aryl methyl sites for hydroxylation is 1. The van der Waals surface area contributed by atoms with Crippen molar-refractivity contribution in [2.24, 2.45) is 7.05 Å². The number of aromatic nitrogens is 7. The van der Waals surface area contributed by atoms with Crippen molar-refractivity contribution in [3.8, 4) is 28.7 Å². The van der Waals surface area contributed by atoms with Gasteiger partial charge >= 0.3 is 11.9 Å². The van der Waals surface area contributed by atoms with Crippen LogP contribution in [0.15, 0.2) is 59.8 Å². The van der Waals surface area contributed by atoms with E-state index in [1.54, 1.807) is 42.6 Å². The molecule has 39 heavy (non-hydrogen) atoms. The van der Waals surface area contributed by atoms with Gasteiger partial charge in [-0.05, 0) is 24.6 Å². The highest BCUT2D eigenvalue weighted by Gasteiger charge is 2.34. The lowest BCUT2D eigenvalue weighted by Gasteiger charge is -2.10. The number of nitrogens with one attached hydrogen (secondary N) is 1. The first-order valence-corrected chi connectivity index (χ1v) is 12.1. The Hall–Kier alpha value is -4.52. The highest BCUT2D eigenvalue weighted by molar-refractivity contribution is 5.74. The van der Waals surface area contributed by atoms with Gasteiger partial charge < -0.3 is 19.0 Å². The van der Waals surface area contributed by atoms with Crippen molar-refractivity contribution in [1.82, 2.24) is 34.1 Å². The van der Waals surface area contributed by atoms with E-state index in [0.717, 1.165) is 11.8 Å². The molecule has 5 aromatic rings. The minimum Gasteiger partial charge on any atom is -0.475 e. The minimum atomic E-state index is -4.53. The third-order valence-corrected chi connectivity index (χ3v) is 5.91. The maximum absolute atomic E-state index is 13.0. The highest BCUT2D eigenvalue weighted by atomic mass is 19.4. The van der Waals surface area contributed by atoms with Crippen LogP contribution in [0.25, 0.3) is 33.9 Å². The van der Waals surface area contributed by atoms with Crippen molar-refractivity contribution in [2.45, 2.75) is 19.6 Å². The second kappa shape index (κ2) is 10.7. The van der Waals surface area contributed by atoms with Crippen LogP contribution >= 0.6 is 0 Å². The third-order valence-electron chi connectivity index (χ3n) is 5.91. The molecule has 0 amide bonds. The fourth-order valence-corrected chi connectivity index (χ4v) is 4.05. The molecule has 0 radical (unpaired) electrons. The fraction of sp³-hybridized carbons (Fsp3) is 0.269. The van der Waals surface area contributed by atoms with Gasteiger partial charge in [0.2, 0.25) is 5.88 Å². The van der Waals surface area contributed by atoms with Crippen molar-refractivity contribution in [3.63, 3.8) is 0 Å². The predicted octanol–water partition coefficient (Wildman–Crippen LogP) is 4.06. The lowest BCUT2D eigenvalue weighted by atomic mass is 10.1. The first kappa shape index (κ1) is 26.1. The summed E-state index contributed by atoms with van der Waals surface area (Å²) in [6.45, 7) is 3.36. The van der Waals surface area contributed by atoms with Crippen molar-refractivity contribution in [1.29, 1.82) is 0 Å². The molecule has 5 rings (SSSR count). The van der Waals surface area contributed by atoms with Gasteiger partial charge in [0.15, 0.2) is 17.2 Å². The van der Waals surface area contributed by atoms with E-state index in [9.17, 15) is 18.0 Å². The van der Waals surface area contributed by atoms with Gasteiger partial charge in [-0.15, -0.1) is 0 Å². The molecule has 1 N–H and O–H groups in total. The molecule has 0 aliphatic heterocycles. The molecule has 0 atom stereocenters. The minimum absolute atomic E-state index is 0.175. The number of alkyl halides is 3. The van der Waals surface area contributed by atoms with Crippen LogP contribution in [0.5, 0.6) is 5.88 Å². The van der Waals surface area contributed by atoms with Crippen LogP contribution in [-0.4, -0.2) is 53.9 Å². The average molecular weight is 540 g/mol. The van der Waals surface area contributed by atoms with Gasteiger partial charge in [0.25, 0.3) is 0 Å². The van der Waals surface area contributed by atoms with E-state index in [1.165, 1.54) is 22.4 Å². The highest BCUT2D eigenvalue weighted by Crippen LogP contribution is 2.31. The summed E-state index contributed by atoms with van der Waals surface area (Å²) in [5.74, 6) is 0.867. The molecule has 4 heterocycles. The summed E-state index contributed by atoms with van der Waals surface area (Å²) in [5, 5.41) is 0. The first-order chi connectivity index (χ1) is 18.7. The van der Waals surface area contributed by atoms with E-state index < -0.39 is 11.9 Å². The topological polar surface area (TPSA) is 113 Å². The second-order valence-corrected chi connectivity index (χ2v) is 8.60. The SMILES string of the molecule is CCOCCOc1ncccc1-c1ncc2[nH]c(=O)n(Cc3ccc(-c4nc(C(F)(F)F)cn4C)cc3)c2n1. The van der Waals surface area contributed by atoms with Crippen molar-refractivity contribution < 1.29 is 22.6 Å². The zero-order chi connectivity index (χ0) is 27.6. The number of ether oxygens (including phenoxy) is 2. The zero-order valence-electron chi connectivity index (χ0n) is 21.1. The van der Waals surface area contributed by atoms with E-state index in [0.29, 0.717) is 53.8 Å². The maximum Gasteiger partial charge on any atom is 0.434 e. The Kier molecular flexibility index (Phi) is 7.15. The molecular weight excluding hydrogens is 515 g/mol. The van der Waals surface area contributed by atoms with Crippen LogP contribution in [0, 0.1) is 0 Å². The number of rotatable bonds is 9. The summed E-state index contributed by atoms with van der Waals surface area (Å²) in [5.41, 5.74) is 1.33. The predicted molar refractivity (Wildman–Crippen MR) is 136 cm³/mol. The van der Waals surface area contributed by atoms with E-state index in [1.807, 2.05) is 6.92 Å². The molecule has 0 saturated carbocycles. The number of hydrogen-bond acceptors (Lipinski definition) is 7. The van der Waals surface area contributed by atoms with E-state index >= 15 is 0 Å². The van der Waals surface area contributed by atoms with Crippen molar-refractivity contribution >= 4 is 11.2 Å². The molecule has 0 aliphatic rings. The summed E-state index contributed by atoms with van der Waals surface area (Å²) in [4.78, 5) is 32.5. The maximum atomic E-state index is 13.0. The van der Waals surface area contributed by atoms with Crippen LogP contribution in [0.4, 0.5) is 13.2 Å². The molecule has 10 nitrogen and oxygen atoms in total. The number of pyridine rings is 1. The van der Waals surface area contributed by atoms with Crippen molar-refractivity contribution in [3.05, 3.63) is 76.7 Å². The Morgan fingerprint density at radius 2 is 1.85 bits per heavy atom. The molecule has 4 aromatic heterocycles. The van der Waals surface area contributed by atoms with Crippen LogP contribution in [0.3, 0.4) is 0 Å². The number of benzene rings is 1. The van der Waals surface area contributed by atoms with Gasteiger partial charge in [-0.25, -0.2) is 24.7 Å². The molecule has 0 fully saturated rings.